The van der Waals surface area contributed by atoms with Crippen LogP contribution in [0.25, 0.3) is 0 Å². The Morgan fingerprint density at radius 2 is 1.87 bits per heavy atom. The maximum atomic E-state index is 13.8. The molecule has 0 saturated carbocycles. The number of methoxy groups -OCH3 is 1. The van der Waals surface area contributed by atoms with Gasteiger partial charge in [-0.15, -0.1) is 11.6 Å². The van der Waals surface area contributed by atoms with Crippen LogP contribution in [0.5, 0.6) is 17.2 Å². The summed E-state index contributed by atoms with van der Waals surface area (Å²) in [5.74, 6) is -3.40. The molecule has 5 rings (SSSR count). The zero-order valence-corrected chi connectivity index (χ0v) is 25.5. The zero-order valence-electron chi connectivity index (χ0n) is 24.7. The number of urea groups is 1. The van der Waals surface area contributed by atoms with Crippen molar-refractivity contribution in [1.82, 2.24) is 10.4 Å². The fourth-order valence-electron chi connectivity index (χ4n) is 6.28. The highest BCUT2D eigenvalue weighted by Gasteiger charge is 2.49. The number of halogens is 1. The summed E-state index contributed by atoms with van der Waals surface area (Å²) >= 11 is 5.77. The van der Waals surface area contributed by atoms with Gasteiger partial charge in [0.15, 0.2) is 17.9 Å². The van der Waals surface area contributed by atoms with Crippen LogP contribution in [0.3, 0.4) is 0 Å². The Bertz CT molecular complexity index is 1580. The van der Waals surface area contributed by atoms with Gasteiger partial charge in [0.1, 0.15) is 22.8 Å². The zero-order chi connectivity index (χ0) is 33.0. The van der Waals surface area contributed by atoms with Crippen molar-refractivity contribution in [3.63, 3.8) is 0 Å². The van der Waals surface area contributed by atoms with E-state index in [4.69, 9.17) is 31.5 Å². The minimum atomic E-state index is -2.08. The van der Waals surface area contributed by atoms with Crippen LogP contribution in [0.2, 0.25) is 0 Å². The number of nitrogens with one attached hydrogen (secondary N) is 1. The highest BCUT2D eigenvalue weighted by molar-refractivity contribution is 6.31. The van der Waals surface area contributed by atoms with Crippen LogP contribution in [0.4, 0.5) is 4.79 Å². The van der Waals surface area contributed by atoms with Gasteiger partial charge in [-0.1, -0.05) is 12.1 Å². The molecule has 0 aromatic heterocycles. The second-order valence-corrected chi connectivity index (χ2v) is 11.8. The molecule has 14 nitrogen and oxygen atoms in total. The lowest BCUT2D eigenvalue weighted by atomic mass is 9.72. The number of aliphatic hydroxyl groups excluding tert-OH is 1. The molecule has 15 heteroatoms. The lowest BCUT2D eigenvalue weighted by molar-refractivity contribution is -0.252. The van der Waals surface area contributed by atoms with Crippen LogP contribution in [-0.2, 0) is 20.7 Å². The summed E-state index contributed by atoms with van der Waals surface area (Å²) in [7, 11) is 1.32. The number of phenols is 2. The molecule has 2 aromatic carbocycles. The number of carbonyl (C=O) groups excluding carboxylic acids is 4. The van der Waals surface area contributed by atoms with Crippen LogP contribution in [0.15, 0.2) is 18.2 Å². The smallest absolute Gasteiger partial charge is 0.329 e. The van der Waals surface area contributed by atoms with Gasteiger partial charge in [-0.2, -0.15) is 0 Å². The molecule has 45 heavy (non-hydrogen) atoms. The summed E-state index contributed by atoms with van der Waals surface area (Å²) < 4.78 is 17.4. The Morgan fingerprint density at radius 1 is 1.18 bits per heavy atom. The van der Waals surface area contributed by atoms with Gasteiger partial charge >= 0.3 is 6.03 Å². The number of ether oxygens (including phenoxy) is 3. The van der Waals surface area contributed by atoms with E-state index < -0.39 is 95.1 Å². The third-order valence-electron chi connectivity index (χ3n) is 8.65. The van der Waals surface area contributed by atoms with Crippen molar-refractivity contribution in [1.29, 1.82) is 0 Å². The Hall–Kier alpha value is -3.79. The number of rotatable bonds is 8. The normalized spacial score (nSPS) is 27.3. The number of benzene rings is 2. The number of nitrogens with two attached hydrogens (primary N) is 1. The molecule has 242 valence electrons. The van der Waals surface area contributed by atoms with Crippen molar-refractivity contribution in [2.75, 3.05) is 19.5 Å². The molecular weight excluding hydrogens is 614 g/mol. The predicted molar refractivity (Wildman–Crippen MR) is 156 cm³/mol. The second-order valence-electron chi connectivity index (χ2n) is 11.4. The number of alkyl halides is 1. The van der Waals surface area contributed by atoms with Gasteiger partial charge in [0, 0.05) is 41.8 Å². The molecule has 0 radical (unpaired) electrons. The first-order valence-corrected chi connectivity index (χ1v) is 14.8. The van der Waals surface area contributed by atoms with Gasteiger partial charge in [0.25, 0.3) is 0 Å². The number of hydrogen-bond acceptors (Lipinski definition) is 12. The lowest BCUT2D eigenvalue weighted by Gasteiger charge is -2.43. The van der Waals surface area contributed by atoms with Gasteiger partial charge < -0.3 is 40.4 Å². The van der Waals surface area contributed by atoms with E-state index >= 15 is 0 Å². The van der Waals surface area contributed by atoms with E-state index in [2.05, 4.69) is 5.43 Å². The molecule has 2 aliphatic carbocycles. The van der Waals surface area contributed by atoms with Crippen LogP contribution in [0.1, 0.15) is 75.8 Å². The van der Waals surface area contributed by atoms with E-state index in [0.717, 1.165) is 11.9 Å². The second kappa shape index (κ2) is 12.2. The molecule has 1 aliphatic heterocycles. The predicted octanol–water partition coefficient (Wildman–Crippen LogP) is 1.19. The number of fused-ring (bicyclic) bond motifs is 3. The maximum absolute atomic E-state index is 13.8. The van der Waals surface area contributed by atoms with E-state index in [-0.39, 0.29) is 46.8 Å². The average Bonchev–Trinajstić information content (AvgIpc) is 2.99. The number of hydrazine groups is 1. The number of ketones is 3. The van der Waals surface area contributed by atoms with Crippen molar-refractivity contribution in [2.24, 2.45) is 5.73 Å². The van der Waals surface area contributed by atoms with E-state index in [1.54, 1.807) is 6.92 Å². The van der Waals surface area contributed by atoms with E-state index in [9.17, 15) is 39.6 Å². The summed E-state index contributed by atoms with van der Waals surface area (Å²) in [6.07, 6.45) is -5.45. The number of nitrogens with zero attached hydrogens (tertiary/aromatic N) is 1. The Balaban J connectivity index is 1.58. The van der Waals surface area contributed by atoms with Gasteiger partial charge in [-0.05, 0) is 19.9 Å². The SMILES string of the molecule is COc1cccc2c1C(=O)c1c(O)c3c(c(O)c1C2=O)C[C@@](O)(C(C)=O)C[C@@H]3OC1CC(NN(CCCl)C(N)=O)C(O)C(C)O1. The fraction of sp³-hybridized carbons (Fsp3) is 0.467. The van der Waals surface area contributed by atoms with E-state index in [1.165, 1.54) is 25.3 Å². The first-order valence-electron chi connectivity index (χ1n) is 14.2. The molecule has 4 unspecified atom stereocenters. The Labute approximate surface area is 262 Å². The van der Waals surface area contributed by atoms with Gasteiger partial charge in [0.05, 0.1) is 54.7 Å². The highest BCUT2D eigenvalue weighted by atomic mass is 35.5. The maximum Gasteiger partial charge on any atom is 0.329 e. The van der Waals surface area contributed by atoms with Gasteiger partial charge in [-0.3, -0.25) is 19.4 Å². The van der Waals surface area contributed by atoms with Crippen molar-refractivity contribution in [2.45, 2.75) is 69.4 Å². The third kappa shape index (κ3) is 5.51. The van der Waals surface area contributed by atoms with Crippen LogP contribution in [0, 0.1) is 0 Å². The number of aliphatic hydroxyl groups is 2. The average molecular weight is 648 g/mol. The molecule has 2 amide bonds. The molecule has 1 fully saturated rings. The molecule has 7 N–H and O–H groups in total. The third-order valence-corrected chi connectivity index (χ3v) is 8.82. The van der Waals surface area contributed by atoms with Crippen molar-refractivity contribution in [3.8, 4) is 17.2 Å². The molecular formula is C30H34ClN3O11. The largest absolute Gasteiger partial charge is 0.507 e. The van der Waals surface area contributed by atoms with Crippen LogP contribution >= 0.6 is 11.6 Å². The summed E-state index contributed by atoms with van der Waals surface area (Å²) in [5.41, 5.74) is 4.83. The van der Waals surface area contributed by atoms with Gasteiger partial charge in [0.2, 0.25) is 5.78 Å². The number of primary amides is 1. The number of Topliss-reactive ketones (excluding diaryl/α,β-unsaturated/α-hetero) is 1. The molecule has 0 spiro atoms. The number of hydrogen-bond donors (Lipinski definition) is 6. The summed E-state index contributed by atoms with van der Waals surface area (Å²) in [4.78, 5) is 52.0. The summed E-state index contributed by atoms with van der Waals surface area (Å²) in [5, 5.41) is 46.3. The lowest BCUT2D eigenvalue weighted by Crippen LogP contribution is -2.60. The molecule has 3 aliphatic rings. The minimum Gasteiger partial charge on any atom is -0.507 e. The molecule has 1 heterocycles. The molecule has 1 saturated heterocycles. The van der Waals surface area contributed by atoms with Crippen LogP contribution in [-0.4, -0.2) is 98.5 Å². The number of aromatic hydroxyl groups is 2. The number of phenolic OH excluding ortho intramolecular Hbond substituents is 2. The quantitative estimate of drug-likeness (QED) is 0.115. The minimum absolute atomic E-state index is 0.0292. The highest BCUT2D eigenvalue weighted by Crippen LogP contribution is 2.52. The summed E-state index contributed by atoms with van der Waals surface area (Å²) in [6.45, 7) is 2.74. The van der Waals surface area contributed by atoms with Crippen molar-refractivity contribution in [3.05, 3.63) is 51.6 Å². The Morgan fingerprint density at radius 3 is 2.49 bits per heavy atom. The topological polar surface area (TPSA) is 218 Å². The van der Waals surface area contributed by atoms with Gasteiger partial charge in [-0.25, -0.2) is 10.2 Å². The summed E-state index contributed by atoms with van der Waals surface area (Å²) in [6, 6.07) is 2.70. The number of amides is 2. The van der Waals surface area contributed by atoms with E-state index in [0.29, 0.717) is 0 Å². The fourth-order valence-corrected chi connectivity index (χ4v) is 6.44. The first kappa shape index (κ1) is 32.6. The standard InChI is InChI=1S/C30H34ClN3O11/c1-12-24(36)16(33-34(8-7-31)29(32)41)9-19(44-12)45-18-11-30(42,13(2)35)10-15-21(18)28(40)23-22(26(15)38)25(37)14-5-4-6-17(43-3)20(14)27(23)39/h4-6,12,16,18-19,24,33,36,38,40,42H,7-11H2,1-3H3,(H2,32,41)/t12?,16?,18-,19?,24?,30-/m0/s1. The van der Waals surface area contributed by atoms with Crippen molar-refractivity contribution >= 4 is 35.0 Å². The Kier molecular flexibility index (Phi) is 8.83. The van der Waals surface area contributed by atoms with E-state index in [1.807, 2.05) is 0 Å². The number of carbonyl (C=O) groups is 4. The van der Waals surface area contributed by atoms with Crippen LogP contribution < -0.4 is 15.9 Å². The molecule has 6 atom stereocenters. The van der Waals surface area contributed by atoms with Crippen molar-refractivity contribution < 1.29 is 53.8 Å². The molecule has 2 aromatic rings. The molecule has 0 bridgehead atoms. The first-order chi connectivity index (χ1) is 21.2. The monoisotopic (exact) mass is 647 g/mol.